The van der Waals surface area contributed by atoms with E-state index in [-0.39, 0.29) is 17.9 Å². The van der Waals surface area contributed by atoms with Crippen LogP contribution in [0.2, 0.25) is 0 Å². The topological polar surface area (TPSA) is 77.1 Å². The molecule has 3 N–H and O–H groups in total. The molecule has 1 amide bonds. The van der Waals surface area contributed by atoms with Crippen LogP contribution in [-0.2, 0) is 17.8 Å². The maximum absolute atomic E-state index is 12.0. The monoisotopic (exact) mass is 335 g/mol. The molecule has 1 heterocycles. The fourth-order valence-corrected chi connectivity index (χ4v) is 2.30. The van der Waals surface area contributed by atoms with Gasteiger partial charge >= 0.3 is 0 Å². The summed E-state index contributed by atoms with van der Waals surface area (Å²) in [6, 6.07) is 11.0. The quantitative estimate of drug-likeness (QED) is 0.500. The highest BCUT2D eigenvalue weighted by Gasteiger charge is 2.08. The molecular formula is C14H14BrN3O2. The van der Waals surface area contributed by atoms with Crippen LogP contribution in [0.25, 0.3) is 0 Å². The molecule has 5 nitrogen and oxygen atoms in total. The van der Waals surface area contributed by atoms with E-state index >= 15 is 0 Å². The number of halogens is 1. The number of hydrogen-bond acceptors (Lipinski definition) is 3. The van der Waals surface area contributed by atoms with Gasteiger partial charge in [0.1, 0.15) is 0 Å². The van der Waals surface area contributed by atoms with Gasteiger partial charge in [-0.3, -0.25) is 15.0 Å². The average molecular weight is 336 g/mol. The first-order valence-corrected chi connectivity index (χ1v) is 6.82. The molecule has 20 heavy (non-hydrogen) atoms. The van der Waals surface area contributed by atoms with Crippen molar-refractivity contribution in [2.24, 2.45) is 5.84 Å². The SMILES string of the molecule is NNC(=O)Cc1ccccc1Cn1cccc(Br)c1=O. The molecule has 1 aromatic heterocycles. The fourth-order valence-electron chi connectivity index (χ4n) is 1.92. The van der Waals surface area contributed by atoms with Gasteiger partial charge in [-0.05, 0) is 39.2 Å². The predicted octanol–water partition coefficient (Wildman–Crippen LogP) is 1.19. The molecule has 0 fully saturated rings. The van der Waals surface area contributed by atoms with Crippen molar-refractivity contribution >= 4 is 21.8 Å². The van der Waals surface area contributed by atoms with Crippen molar-refractivity contribution in [3.8, 4) is 0 Å². The minimum atomic E-state index is -0.265. The van der Waals surface area contributed by atoms with Crippen LogP contribution < -0.4 is 16.8 Å². The van der Waals surface area contributed by atoms with E-state index in [1.54, 1.807) is 22.9 Å². The van der Waals surface area contributed by atoms with E-state index in [0.717, 1.165) is 11.1 Å². The van der Waals surface area contributed by atoms with Gasteiger partial charge in [0.15, 0.2) is 0 Å². The summed E-state index contributed by atoms with van der Waals surface area (Å²) in [5.41, 5.74) is 3.77. The van der Waals surface area contributed by atoms with E-state index in [2.05, 4.69) is 21.4 Å². The molecule has 0 aliphatic rings. The van der Waals surface area contributed by atoms with Gasteiger partial charge in [-0.15, -0.1) is 0 Å². The third-order valence-corrected chi connectivity index (χ3v) is 3.55. The van der Waals surface area contributed by atoms with Gasteiger partial charge in [0, 0.05) is 6.20 Å². The van der Waals surface area contributed by atoms with Crippen LogP contribution in [0, 0.1) is 0 Å². The lowest BCUT2D eigenvalue weighted by atomic mass is 10.0. The summed E-state index contributed by atoms with van der Waals surface area (Å²) < 4.78 is 2.10. The first-order valence-electron chi connectivity index (χ1n) is 6.03. The van der Waals surface area contributed by atoms with Gasteiger partial charge in [0.05, 0.1) is 17.4 Å². The molecule has 0 aliphatic heterocycles. The first kappa shape index (κ1) is 14.5. The number of hydrogen-bond donors (Lipinski definition) is 2. The Morgan fingerprint density at radius 2 is 1.90 bits per heavy atom. The van der Waals surface area contributed by atoms with Gasteiger partial charge < -0.3 is 4.57 Å². The van der Waals surface area contributed by atoms with Crippen molar-refractivity contribution in [2.45, 2.75) is 13.0 Å². The number of benzene rings is 1. The predicted molar refractivity (Wildman–Crippen MR) is 80.0 cm³/mol. The molecular weight excluding hydrogens is 322 g/mol. The van der Waals surface area contributed by atoms with Gasteiger partial charge in [-0.2, -0.15) is 0 Å². The fraction of sp³-hybridized carbons (Fsp3) is 0.143. The maximum atomic E-state index is 12.0. The van der Waals surface area contributed by atoms with E-state index in [1.807, 2.05) is 24.3 Å². The average Bonchev–Trinajstić information content (AvgIpc) is 2.45. The van der Waals surface area contributed by atoms with Gasteiger partial charge in [-0.25, -0.2) is 5.84 Å². The summed E-state index contributed by atoms with van der Waals surface area (Å²) in [7, 11) is 0. The van der Waals surface area contributed by atoms with Crippen molar-refractivity contribution in [1.29, 1.82) is 0 Å². The molecule has 0 saturated carbocycles. The van der Waals surface area contributed by atoms with Gasteiger partial charge in [0.2, 0.25) is 5.91 Å². The second-order valence-electron chi connectivity index (χ2n) is 4.30. The Hall–Kier alpha value is -1.92. The zero-order chi connectivity index (χ0) is 14.5. The molecule has 104 valence electrons. The summed E-state index contributed by atoms with van der Waals surface area (Å²) >= 11 is 3.22. The summed E-state index contributed by atoms with van der Waals surface area (Å²) in [5, 5.41) is 0. The number of aromatic nitrogens is 1. The number of hydrazine groups is 1. The third kappa shape index (κ3) is 3.34. The van der Waals surface area contributed by atoms with Crippen molar-refractivity contribution in [2.75, 3.05) is 0 Å². The summed E-state index contributed by atoms with van der Waals surface area (Å²) in [6.45, 7) is 0.409. The smallest absolute Gasteiger partial charge is 0.265 e. The second-order valence-corrected chi connectivity index (χ2v) is 5.16. The minimum Gasteiger partial charge on any atom is -0.310 e. The van der Waals surface area contributed by atoms with E-state index in [9.17, 15) is 9.59 Å². The highest BCUT2D eigenvalue weighted by molar-refractivity contribution is 9.10. The summed E-state index contributed by atoms with van der Waals surface area (Å²) in [6.07, 6.45) is 1.91. The van der Waals surface area contributed by atoms with Crippen LogP contribution in [0.5, 0.6) is 0 Å². The Balaban J connectivity index is 2.32. The second kappa shape index (κ2) is 6.49. The van der Waals surface area contributed by atoms with Crippen molar-refractivity contribution in [1.82, 2.24) is 9.99 Å². The van der Waals surface area contributed by atoms with Gasteiger partial charge in [0.25, 0.3) is 5.56 Å². The van der Waals surface area contributed by atoms with Crippen LogP contribution >= 0.6 is 15.9 Å². The lowest BCUT2D eigenvalue weighted by Gasteiger charge is -2.11. The molecule has 0 aliphatic carbocycles. The number of nitrogens with one attached hydrogen (secondary N) is 1. The summed E-state index contributed by atoms with van der Waals surface area (Å²) in [5.74, 6) is 4.84. The van der Waals surface area contributed by atoms with Crippen LogP contribution in [0.4, 0.5) is 0 Å². The highest BCUT2D eigenvalue weighted by atomic mass is 79.9. The molecule has 0 radical (unpaired) electrons. The zero-order valence-electron chi connectivity index (χ0n) is 10.7. The Morgan fingerprint density at radius 3 is 2.60 bits per heavy atom. The molecule has 6 heteroatoms. The molecule has 1 aromatic carbocycles. The number of carbonyl (C=O) groups is 1. The molecule has 0 atom stereocenters. The molecule has 0 bridgehead atoms. The van der Waals surface area contributed by atoms with E-state index in [1.165, 1.54) is 0 Å². The molecule has 0 unspecified atom stereocenters. The first-order chi connectivity index (χ1) is 9.61. The number of pyridine rings is 1. The highest BCUT2D eigenvalue weighted by Crippen LogP contribution is 2.11. The van der Waals surface area contributed by atoms with E-state index < -0.39 is 0 Å². The molecule has 2 aromatic rings. The van der Waals surface area contributed by atoms with Crippen LogP contribution in [0.3, 0.4) is 0 Å². The Kier molecular flexibility index (Phi) is 4.70. The minimum absolute atomic E-state index is 0.106. The number of nitrogens with zero attached hydrogens (tertiary/aromatic N) is 1. The number of nitrogens with two attached hydrogens (primary N) is 1. The lowest BCUT2D eigenvalue weighted by molar-refractivity contribution is -0.120. The molecule has 0 spiro atoms. The molecule has 0 saturated heterocycles. The standard InChI is InChI=1S/C14H14BrN3O2/c15-12-6-3-7-18(14(12)20)9-11-5-2-1-4-10(11)8-13(19)17-16/h1-7H,8-9,16H2,(H,17,19). The Labute approximate surface area is 124 Å². The molecule has 2 rings (SSSR count). The Bertz CT molecular complexity index is 682. The van der Waals surface area contributed by atoms with Crippen LogP contribution in [0.1, 0.15) is 11.1 Å². The number of amides is 1. The van der Waals surface area contributed by atoms with Crippen molar-refractivity contribution in [3.05, 3.63) is 68.5 Å². The number of rotatable bonds is 4. The van der Waals surface area contributed by atoms with E-state index in [4.69, 9.17) is 5.84 Å². The van der Waals surface area contributed by atoms with Gasteiger partial charge in [-0.1, -0.05) is 24.3 Å². The maximum Gasteiger partial charge on any atom is 0.265 e. The number of carbonyl (C=O) groups excluding carboxylic acids is 1. The summed E-state index contributed by atoms with van der Waals surface area (Å²) in [4.78, 5) is 23.4. The van der Waals surface area contributed by atoms with E-state index in [0.29, 0.717) is 11.0 Å². The van der Waals surface area contributed by atoms with Crippen LogP contribution in [0.15, 0.2) is 51.9 Å². The Morgan fingerprint density at radius 1 is 1.20 bits per heavy atom. The van der Waals surface area contributed by atoms with Crippen molar-refractivity contribution < 1.29 is 4.79 Å². The largest absolute Gasteiger partial charge is 0.310 e. The lowest BCUT2D eigenvalue weighted by Crippen LogP contribution is -2.31. The van der Waals surface area contributed by atoms with Crippen molar-refractivity contribution in [3.63, 3.8) is 0 Å². The normalized spacial score (nSPS) is 10.3. The van der Waals surface area contributed by atoms with Crippen LogP contribution in [-0.4, -0.2) is 10.5 Å². The third-order valence-electron chi connectivity index (χ3n) is 2.94. The zero-order valence-corrected chi connectivity index (χ0v) is 12.3.